The van der Waals surface area contributed by atoms with Crippen LogP contribution >= 0.6 is 0 Å². The molecule has 0 radical (unpaired) electrons. The highest BCUT2D eigenvalue weighted by Gasteiger charge is 2.25. The van der Waals surface area contributed by atoms with Crippen molar-refractivity contribution in [3.05, 3.63) is 35.9 Å². The van der Waals surface area contributed by atoms with Crippen LogP contribution in [0, 0.1) is 23.7 Å². The van der Waals surface area contributed by atoms with E-state index in [1.165, 1.54) is 7.11 Å². The van der Waals surface area contributed by atoms with Crippen molar-refractivity contribution < 1.29 is 19.4 Å². The predicted molar refractivity (Wildman–Crippen MR) is 109 cm³/mol. The van der Waals surface area contributed by atoms with E-state index in [2.05, 4.69) is 39.8 Å². The van der Waals surface area contributed by atoms with Gasteiger partial charge >= 0.3 is 5.97 Å². The molecule has 1 aromatic rings. The molecule has 0 bridgehead atoms. The topological polar surface area (TPSA) is 55.8 Å². The zero-order valence-corrected chi connectivity index (χ0v) is 17.9. The molecule has 0 spiro atoms. The number of hydrogen-bond acceptors (Lipinski definition) is 4. The van der Waals surface area contributed by atoms with Gasteiger partial charge in [-0.25, -0.2) is 0 Å². The average Bonchev–Trinajstić information content (AvgIpc) is 2.64. The summed E-state index contributed by atoms with van der Waals surface area (Å²) in [6.45, 7) is 10.9. The van der Waals surface area contributed by atoms with Crippen LogP contribution in [0.15, 0.2) is 30.3 Å². The lowest BCUT2D eigenvalue weighted by molar-refractivity contribution is -0.145. The lowest BCUT2D eigenvalue weighted by Crippen LogP contribution is -2.30. The fourth-order valence-corrected chi connectivity index (χ4v) is 3.57. The Morgan fingerprint density at radius 1 is 1.00 bits per heavy atom. The van der Waals surface area contributed by atoms with Crippen LogP contribution in [0.2, 0.25) is 0 Å². The summed E-state index contributed by atoms with van der Waals surface area (Å²) in [4.78, 5) is 11.6. The molecule has 1 aromatic carbocycles. The van der Waals surface area contributed by atoms with Gasteiger partial charge in [0.2, 0.25) is 0 Å². The zero-order valence-electron chi connectivity index (χ0n) is 17.9. The van der Waals surface area contributed by atoms with Crippen molar-refractivity contribution in [1.82, 2.24) is 0 Å². The molecule has 1 N–H and O–H groups in total. The molecule has 154 valence electrons. The molecule has 0 fully saturated rings. The number of methoxy groups -OCH3 is 1. The van der Waals surface area contributed by atoms with E-state index in [0.717, 1.165) is 18.4 Å². The van der Waals surface area contributed by atoms with Crippen LogP contribution in [0.3, 0.4) is 0 Å². The van der Waals surface area contributed by atoms with Gasteiger partial charge < -0.3 is 14.6 Å². The molecule has 27 heavy (non-hydrogen) atoms. The first-order valence-corrected chi connectivity index (χ1v) is 10.2. The summed E-state index contributed by atoms with van der Waals surface area (Å²) in [6.07, 6.45) is 1.90. The molecule has 0 heterocycles. The Hall–Kier alpha value is -1.39. The second kappa shape index (κ2) is 12.1. The minimum Gasteiger partial charge on any atom is -0.469 e. The number of aliphatic hydroxyl groups excluding tert-OH is 1. The largest absolute Gasteiger partial charge is 0.469 e. The third kappa shape index (κ3) is 8.89. The maximum absolute atomic E-state index is 11.6. The van der Waals surface area contributed by atoms with Gasteiger partial charge in [0.15, 0.2) is 0 Å². The van der Waals surface area contributed by atoms with E-state index < -0.39 is 6.10 Å². The molecule has 5 atom stereocenters. The summed E-state index contributed by atoms with van der Waals surface area (Å²) in [7, 11) is 1.43. The van der Waals surface area contributed by atoms with Crippen LogP contribution < -0.4 is 0 Å². The Morgan fingerprint density at radius 2 is 1.63 bits per heavy atom. The van der Waals surface area contributed by atoms with E-state index in [1.54, 1.807) is 0 Å². The molecule has 0 aliphatic carbocycles. The van der Waals surface area contributed by atoms with Gasteiger partial charge in [-0.05, 0) is 36.2 Å². The zero-order chi connectivity index (χ0) is 20.4. The third-order valence-electron chi connectivity index (χ3n) is 5.31. The highest BCUT2D eigenvalue weighted by molar-refractivity contribution is 5.71. The summed E-state index contributed by atoms with van der Waals surface area (Å²) >= 11 is 0. The van der Waals surface area contributed by atoms with E-state index in [9.17, 15) is 9.90 Å². The third-order valence-corrected chi connectivity index (χ3v) is 5.31. The maximum Gasteiger partial charge on any atom is 0.308 e. The second-order valence-electron chi connectivity index (χ2n) is 8.36. The normalized spacial score (nSPS) is 17.2. The minimum absolute atomic E-state index is 0.0203. The highest BCUT2D eigenvalue weighted by Crippen LogP contribution is 2.26. The van der Waals surface area contributed by atoms with E-state index in [0.29, 0.717) is 24.9 Å². The minimum atomic E-state index is -0.413. The average molecular weight is 379 g/mol. The standard InChI is InChI=1S/C23H38O4/c1-16(2)22(27-15-20-10-8-7-9-11-20)14-21(24)18(4)12-17(3)13-19(5)23(25)26-6/h7-11,16-19,21-22,24H,12-15H2,1-6H3/t17-,18+,19-,21-,22-/m0/s1. The molecule has 0 amide bonds. The van der Waals surface area contributed by atoms with Crippen LogP contribution in [0.25, 0.3) is 0 Å². The van der Waals surface area contributed by atoms with Crippen LogP contribution in [0.1, 0.15) is 59.4 Å². The van der Waals surface area contributed by atoms with Gasteiger partial charge in [-0.3, -0.25) is 4.79 Å². The van der Waals surface area contributed by atoms with Crippen molar-refractivity contribution >= 4 is 5.97 Å². The molecule has 1 rings (SSSR count). The van der Waals surface area contributed by atoms with Crippen molar-refractivity contribution in [3.63, 3.8) is 0 Å². The Labute approximate surface area is 165 Å². The molecule has 0 saturated heterocycles. The number of benzene rings is 1. The van der Waals surface area contributed by atoms with Crippen molar-refractivity contribution in [2.75, 3.05) is 7.11 Å². The molecule has 4 heteroatoms. The van der Waals surface area contributed by atoms with E-state index in [-0.39, 0.29) is 23.9 Å². The number of carbonyl (C=O) groups is 1. The molecule has 0 aromatic heterocycles. The van der Waals surface area contributed by atoms with Gasteiger partial charge in [0.1, 0.15) is 0 Å². The molecular weight excluding hydrogens is 340 g/mol. The smallest absolute Gasteiger partial charge is 0.308 e. The van der Waals surface area contributed by atoms with Crippen molar-refractivity contribution in [3.8, 4) is 0 Å². The fraction of sp³-hybridized carbons (Fsp3) is 0.696. The first kappa shape index (κ1) is 23.6. The van der Waals surface area contributed by atoms with Gasteiger partial charge in [-0.2, -0.15) is 0 Å². The molecular formula is C23H38O4. The number of ether oxygens (including phenoxy) is 2. The van der Waals surface area contributed by atoms with Crippen LogP contribution in [-0.4, -0.2) is 30.4 Å². The maximum atomic E-state index is 11.6. The molecule has 4 nitrogen and oxygen atoms in total. The van der Waals surface area contributed by atoms with Crippen molar-refractivity contribution in [2.45, 2.75) is 72.7 Å². The predicted octanol–water partition coefficient (Wildman–Crippen LogP) is 4.84. The lowest BCUT2D eigenvalue weighted by Gasteiger charge is -2.29. The molecule has 0 aliphatic rings. The van der Waals surface area contributed by atoms with Gasteiger partial charge in [0, 0.05) is 6.42 Å². The summed E-state index contributed by atoms with van der Waals surface area (Å²) < 4.78 is 10.9. The fourth-order valence-electron chi connectivity index (χ4n) is 3.57. The molecule has 0 aliphatic heterocycles. The first-order chi connectivity index (χ1) is 12.7. The Morgan fingerprint density at radius 3 is 2.19 bits per heavy atom. The summed E-state index contributed by atoms with van der Waals surface area (Å²) in [6, 6.07) is 10.1. The number of rotatable bonds is 12. The van der Waals surface area contributed by atoms with Crippen molar-refractivity contribution in [2.24, 2.45) is 23.7 Å². The first-order valence-electron chi connectivity index (χ1n) is 10.2. The Bertz CT molecular complexity index is 528. The van der Waals surface area contributed by atoms with Crippen LogP contribution in [0.4, 0.5) is 0 Å². The SMILES string of the molecule is COC(=O)[C@@H](C)C[C@@H](C)C[C@@H](C)[C@@H](O)C[C@H](OCc1ccccc1)C(C)C. The summed E-state index contributed by atoms with van der Waals surface area (Å²) in [5.74, 6) is 0.585. The molecule has 0 saturated carbocycles. The monoisotopic (exact) mass is 378 g/mol. The van der Waals surface area contributed by atoms with E-state index in [4.69, 9.17) is 9.47 Å². The van der Waals surface area contributed by atoms with E-state index in [1.807, 2.05) is 25.1 Å². The van der Waals surface area contributed by atoms with Crippen LogP contribution in [0.5, 0.6) is 0 Å². The Balaban J connectivity index is 2.49. The number of aliphatic hydroxyl groups is 1. The highest BCUT2D eigenvalue weighted by atomic mass is 16.5. The van der Waals surface area contributed by atoms with E-state index >= 15 is 0 Å². The van der Waals surface area contributed by atoms with Gasteiger partial charge in [0.05, 0.1) is 31.8 Å². The lowest BCUT2D eigenvalue weighted by atomic mass is 9.85. The summed E-state index contributed by atoms with van der Waals surface area (Å²) in [5, 5.41) is 10.7. The van der Waals surface area contributed by atoms with Crippen molar-refractivity contribution in [1.29, 1.82) is 0 Å². The second-order valence-corrected chi connectivity index (χ2v) is 8.36. The Kier molecular flexibility index (Phi) is 10.6. The number of hydrogen-bond donors (Lipinski definition) is 1. The number of carbonyl (C=O) groups excluding carboxylic acids is 1. The van der Waals surface area contributed by atoms with Crippen LogP contribution in [-0.2, 0) is 20.9 Å². The number of esters is 1. The quantitative estimate of drug-likeness (QED) is 0.529. The van der Waals surface area contributed by atoms with Gasteiger partial charge in [-0.1, -0.05) is 65.0 Å². The van der Waals surface area contributed by atoms with Gasteiger partial charge in [0.25, 0.3) is 0 Å². The molecule has 0 unspecified atom stereocenters. The summed E-state index contributed by atoms with van der Waals surface area (Å²) in [5.41, 5.74) is 1.15. The van der Waals surface area contributed by atoms with Gasteiger partial charge in [-0.15, -0.1) is 0 Å².